The summed E-state index contributed by atoms with van der Waals surface area (Å²) in [6.07, 6.45) is 1.22. The first-order valence-electron chi connectivity index (χ1n) is 5.98. The first kappa shape index (κ1) is 12.7. The van der Waals surface area contributed by atoms with Crippen molar-refractivity contribution in [3.05, 3.63) is 22.7 Å². The molecule has 1 N–H and O–H groups in total. The molecule has 4 heteroatoms. The molecule has 1 fully saturated rings. The van der Waals surface area contributed by atoms with E-state index < -0.39 is 0 Å². The van der Waals surface area contributed by atoms with E-state index in [0.717, 1.165) is 11.0 Å². The molecule has 0 spiro atoms. The Kier molecular flexibility index (Phi) is 3.94. The topological polar surface area (TPSA) is 18.5 Å². The van der Waals surface area contributed by atoms with Crippen LogP contribution in [0.1, 0.15) is 6.42 Å². The molecule has 1 unspecified atom stereocenters. The van der Waals surface area contributed by atoms with E-state index in [1.165, 1.54) is 24.3 Å². The van der Waals surface area contributed by atoms with Crippen LogP contribution in [0.2, 0.25) is 0 Å². The fourth-order valence-corrected chi connectivity index (χ4v) is 2.65. The quantitative estimate of drug-likeness (QED) is 0.925. The van der Waals surface area contributed by atoms with Gasteiger partial charge in [-0.05, 0) is 38.2 Å². The van der Waals surface area contributed by atoms with Crippen molar-refractivity contribution >= 4 is 27.3 Å². The molecule has 0 radical (unpaired) electrons. The number of likely N-dealkylation sites (N-methyl/N-ethyl adjacent to an activating group) is 1. The first-order valence-corrected chi connectivity index (χ1v) is 6.77. The van der Waals surface area contributed by atoms with Crippen molar-refractivity contribution in [1.29, 1.82) is 0 Å². The van der Waals surface area contributed by atoms with E-state index in [1.807, 2.05) is 0 Å². The van der Waals surface area contributed by atoms with E-state index in [9.17, 15) is 0 Å². The fraction of sp³-hybridized carbons (Fsp3) is 0.538. The molecule has 0 aliphatic carbocycles. The number of hydrogen-bond donors (Lipinski definition) is 1. The summed E-state index contributed by atoms with van der Waals surface area (Å²) in [6.45, 7) is 2.31. The number of benzene rings is 1. The summed E-state index contributed by atoms with van der Waals surface area (Å²) in [5, 5.41) is 3.65. The van der Waals surface area contributed by atoms with Crippen LogP contribution in [0, 0.1) is 0 Å². The zero-order valence-electron chi connectivity index (χ0n) is 10.7. The monoisotopic (exact) mass is 297 g/mol. The normalized spacial score (nSPS) is 20.6. The second-order valence-electron chi connectivity index (χ2n) is 4.95. The second kappa shape index (κ2) is 5.27. The highest BCUT2D eigenvalue weighted by Gasteiger charge is 2.20. The van der Waals surface area contributed by atoms with Crippen molar-refractivity contribution in [2.45, 2.75) is 12.5 Å². The molecule has 1 aliphatic rings. The van der Waals surface area contributed by atoms with Crippen molar-refractivity contribution in [3.63, 3.8) is 0 Å². The Bertz CT molecular complexity index is 392. The number of nitrogens with one attached hydrogen (secondary N) is 1. The van der Waals surface area contributed by atoms with Gasteiger partial charge in [0.25, 0.3) is 0 Å². The lowest BCUT2D eigenvalue weighted by atomic mass is 10.2. The van der Waals surface area contributed by atoms with Crippen molar-refractivity contribution in [3.8, 4) is 0 Å². The lowest BCUT2D eigenvalue weighted by molar-refractivity contribution is 0.414. The molecule has 0 amide bonds. The third-order valence-corrected chi connectivity index (χ3v) is 3.68. The van der Waals surface area contributed by atoms with E-state index in [2.05, 4.69) is 70.4 Å². The van der Waals surface area contributed by atoms with Gasteiger partial charge in [-0.3, -0.25) is 0 Å². The van der Waals surface area contributed by atoms with Gasteiger partial charge in [0.1, 0.15) is 0 Å². The molecule has 0 aromatic heterocycles. The van der Waals surface area contributed by atoms with Crippen LogP contribution in [0.3, 0.4) is 0 Å². The molecule has 1 heterocycles. The SMILES string of the molecule is CN1CCC(Nc2cc(Br)ccc2N(C)C)C1. The smallest absolute Gasteiger partial charge is 0.0597 e. The van der Waals surface area contributed by atoms with E-state index in [-0.39, 0.29) is 0 Å². The van der Waals surface area contributed by atoms with E-state index in [1.54, 1.807) is 0 Å². The maximum atomic E-state index is 3.65. The number of hydrogen-bond acceptors (Lipinski definition) is 3. The van der Waals surface area contributed by atoms with E-state index >= 15 is 0 Å². The van der Waals surface area contributed by atoms with Crippen LogP contribution >= 0.6 is 15.9 Å². The Morgan fingerprint density at radius 3 is 2.76 bits per heavy atom. The minimum Gasteiger partial charge on any atom is -0.379 e. The van der Waals surface area contributed by atoms with Crippen LogP contribution in [-0.4, -0.2) is 45.2 Å². The third-order valence-electron chi connectivity index (χ3n) is 3.19. The lowest BCUT2D eigenvalue weighted by Gasteiger charge is -2.22. The van der Waals surface area contributed by atoms with Gasteiger partial charge in [0, 0.05) is 31.2 Å². The second-order valence-corrected chi connectivity index (χ2v) is 5.86. The Morgan fingerprint density at radius 1 is 1.41 bits per heavy atom. The molecule has 1 aliphatic heterocycles. The number of nitrogens with zero attached hydrogens (tertiary/aromatic N) is 2. The summed E-state index contributed by atoms with van der Waals surface area (Å²) in [5.74, 6) is 0. The molecule has 2 rings (SSSR count). The minimum absolute atomic E-state index is 0.563. The summed E-state index contributed by atoms with van der Waals surface area (Å²) >= 11 is 3.54. The van der Waals surface area contributed by atoms with Crippen LogP contribution in [-0.2, 0) is 0 Å². The third kappa shape index (κ3) is 3.13. The lowest BCUT2D eigenvalue weighted by Crippen LogP contribution is -2.24. The largest absolute Gasteiger partial charge is 0.379 e. The van der Waals surface area contributed by atoms with Crippen LogP contribution in [0.4, 0.5) is 11.4 Å². The van der Waals surface area contributed by atoms with Crippen LogP contribution < -0.4 is 10.2 Å². The van der Waals surface area contributed by atoms with Gasteiger partial charge in [0.15, 0.2) is 0 Å². The Balaban J connectivity index is 2.16. The fourth-order valence-electron chi connectivity index (χ4n) is 2.29. The average molecular weight is 298 g/mol. The molecule has 1 saturated heterocycles. The maximum absolute atomic E-state index is 3.65. The molecular formula is C13H20BrN3. The highest BCUT2D eigenvalue weighted by Crippen LogP contribution is 2.29. The summed E-state index contributed by atoms with van der Waals surface area (Å²) in [7, 11) is 6.33. The summed E-state index contributed by atoms with van der Waals surface area (Å²) in [6, 6.07) is 6.95. The molecule has 1 aromatic rings. The molecule has 0 bridgehead atoms. The van der Waals surface area contributed by atoms with Crippen LogP contribution in [0.25, 0.3) is 0 Å². The van der Waals surface area contributed by atoms with E-state index in [4.69, 9.17) is 0 Å². The van der Waals surface area contributed by atoms with Crippen LogP contribution in [0.5, 0.6) is 0 Å². The highest BCUT2D eigenvalue weighted by atomic mass is 79.9. The predicted molar refractivity (Wildman–Crippen MR) is 78.0 cm³/mol. The first-order chi connectivity index (χ1) is 8.06. The Hall–Kier alpha value is -0.740. The van der Waals surface area contributed by atoms with Crippen molar-refractivity contribution in [1.82, 2.24) is 4.90 Å². The summed E-state index contributed by atoms with van der Waals surface area (Å²) < 4.78 is 1.12. The molecule has 94 valence electrons. The molecule has 0 saturated carbocycles. The van der Waals surface area contributed by atoms with E-state index in [0.29, 0.717) is 6.04 Å². The minimum atomic E-state index is 0.563. The molecule has 17 heavy (non-hydrogen) atoms. The van der Waals surface area contributed by atoms with Crippen molar-refractivity contribution < 1.29 is 0 Å². The molecule has 3 nitrogen and oxygen atoms in total. The summed E-state index contributed by atoms with van der Waals surface area (Å²) in [4.78, 5) is 4.51. The Labute approximate surface area is 112 Å². The number of rotatable bonds is 3. The zero-order chi connectivity index (χ0) is 12.4. The van der Waals surface area contributed by atoms with Gasteiger partial charge in [0.2, 0.25) is 0 Å². The van der Waals surface area contributed by atoms with Gasteiger partial charge in [-0.1, -0.05) is 15.9 Å². The molecule has 1 atom stereocenters. The number of halogens is 1. The predicted octanol–water partition coefficient (Wildman–Crippen LogP) is 2.63. The number of likely N-dealkylation sites (tertiary alicyclic amines) is 1. The van der Waals surface area contributed by atoms with Crippen molar-refractivity contribution in [2.24, 2.45) is 0 Å². The average Bonchev–Trinajstić information content (AvgIpc) is 2.63. The number of anilines is 2. The van der Waals surface area contributed by atoms with Gasteiger partial charge >= 0.3 is 0 Å². The van der Waals surface area contributed by atoms with Gasteiger partial charge in [-0.2, -0.15) is 0 Å². The van der Waals surface area contributed by atoms with Gasteiger partial charge in [-0.25, -0.2) is 0 Å². The highest BCUT2D eigenvalue weighted by molar-refractivity contribution is 9.10. The zero-order valence-corrected chi connectivity index (χ0v) is 12.3. The Morgan fingerprint density at radius 2 is 2.18 bits per heavy atom. The summed E-state index contributed by atoms with van der Waals surface area (Å²) in [5.41, 5.74) is 2.45. The van der Waals surface area contributed by atoms with Crippen molar-refractivity contribution in [2.75, 3.05) is 44.4 Å². The molecular weight excluding hydrogens is 278 g/mol. The maximum Gasteiger partial charge on any atom is 0.0597 e. The van der Waals surface area contributed by atoms with Crippen LogP contribution in [0.15, 0.2) is 22.7 Å². The van der Waals surface area contributed by atoms with Gasteiger partial charge in [-0.15, -0.1) is 0 Å². The van der Waals surface area contributed by atoms with Gasteiger partial charge < -0.3 is 15.1 Å². The van der Waals surface area contributed by atoms with Gasteiger partial charge in [0.05, 0.1) is 11.4 Å². The standard InChI is InChI=1S/C13H20BrN3/c1-16(2)13-5-4-10(14)8-12(13)15-11-6-7-17(3)9-11/h4-5,8,11,15H,6-7,9H2,1-3H3. The molecule has 1 aromatic carbocycles.